The molecule has 0 bridgehead atoms. The summed E-state index contributed by atoms with van der Waals surface area (Å²) >= 11 is 0. The van der Waals surface area contributed by atoms with E-state index in [9.17, 15) is 9.59 Å². The van der Waals surface area contributed by atoms with E-state index in [4.69, 9.17) is 4.74 Å². The van der Waals surface area contributed by atoms with Crippen molar-refractivity contribution in [1.29, 1.82) is 0 Å². The lowest BCUT2D eigenvalue weighted by Gasteiger charge is -2.33. The third kappa shape index (κ3) is 5.73. The molecule has 2 saturated heterocycles. The first-order valence-electron chi connectivity index (χ1n) is 10.7. The molecule has 0 radical (unpaired) electrons. The second kappa shape index (κ2) is 8.97. The van der Waals surface area contributed by atoms with Gasteiger partial charge in [-0.25, -0.2) is 4.79 Å². The second-order valence-corrected chi connectivity index (χ2v) is 9.15. The number of likely N-dealkylation sites (tertiary alicyclic amines) is 2. The highest BCUT2D eigenvalue weighted by Crippen LogP contribution is 2.24. The monoisotopic (exact) mass is 386 g/mol. The van der Waals surface area contributed by atoms with E-state index in [0.29, 0.717) is 5.92 Å². The highest BCUT2D eigenvalue weighted by molar-refractivity contribution is 5.94. The number of rotatable bonds is 4. The van der Waals surface area contributed by atoms with Crippen LogP contribution in [-0.2, 0) is 11.2 Å². The van der Waals surface area contributed by atoms with Crippen LogP contribution in [-0.4, -0.2) is 53.6 Å². The summed E-state index contributed by atoms with van der Waals surface area (Å²) in [5.41, 5.74) is 1.62. The average molecular weight is 387 g/mol. The van der Waals surface area contributed by atoms with Crippen molar-refractivity contribution >= 4 is 12.0 Å². The molecule has 3 rings (SSSR count). The van der Waals surface area contributed by atoms with Gasteiger partial charge in [0.05, 0.1) is 0 Å². The fourth-order valence-electron chi connectivity index (χ4n) is 4.06. The quantitative estimate of drug-likeness (QED) is 0.765. The average Bonchev–Trinajstić information content (AvgIpc) is 3.20. The first kappa shape index (κ1) is 20.7. The van der Waals surface area contributed by atoms with Crippen LogP contribution < -0.4 is 0 Å². The van der Waals surface area contributed by atoms with Crippen LogP contribution in [0.2, 0.25) is 0 Å². The normalized spacial score (nSPS) is 18.4. The van der Waals surface area contributed by atoms with Crippen molar-refractivity contribution < 1.29 is 14.3 Å². The largest absolute Gasteiger partial charge is 0.444 e. The van der Waals surface area contributed by atoms with Gasteiger partial charge in [-0.15, -0.1) is 0 Å². The zero-order valence-corrected chi connectivity index (χ0v) is 17.6. The number of amides is 2. The molecular weight excluding hydrogens is 352 g/mol. The highest BCUT2D eigenvalue weighted by atomic mass is 16.6. The number of benzene rings is 1. The molecule has 0 saturated carbocycles. The number of nitrogens with zero attached hydrogens (tertiary/aromatic N) is 2. The van der Waals surface area contributed by atoms with Crippen molar-refractivity contribution in [3.63, 3.8) is 0 Å². The molecule has 2 amide bonds. The SMILES string of the molecule is CC(C)(C)OC(=O)N1CCC(CCc2cccc(C(=O)N3CCCC3)c2)CC1. The minimum Gasteiger partial charge on any atom is -0.444 e. The third-order valence-electron chi connectivity index (χ3n) is 5.67. The third-order valence-corrected chi connectivity index (χ3v) is 5.67. The zero-order valence-electron chi connectivity index (χ0n) is 17.6. The fraction of sp³-hybridized carbons (Fsp3) is 0.652. The van der Waals surface area contributed by atoms with Crippen LogP contribution in [0.5, 0.6) is 0 Å². The highest BCUT2D eigenvalue weighted by Gasteiger charge is 2.26. The first-order chi connectivity index (χ1) is 13.3. The molecule has 2 aliphatic heterocycles. The molecule has 1 aromatic carbocycles. The lowest BCUT2D eigenvalue weighted by molar-refractivity contribution is 0.0181. The van der Waals surface area contributed by atoms with Gasteiger partial charge in [0, 0.05) is 31.7 Å². The summed E-state index contributed by atoms with van der Waals surface area (Å²) in [4.78, 5) is 28.6. The van der Waals surface area contributed by atoms with Crippen LogP contribution in [0.3, 0.4) is 0 Å². The Hall–Kier alpha value is -2.04. The summed E-state index contributed by atoms with van der Waals surface area (Å²) in [5.74, 6) is 0.793. The maximum Gasteiger partial charge on any atom is 0.410 e. The van der Waals surface area contributed by atoms with E-state index in [-0.39, 0.29) is 12.0 Å². The molecule has 0 aliphatic carbocycles. The van der Waals surface area contributed by atoms with Crippen LogP contribution >= 0.6 is 0 Å². The Balaban J connectivity index is 1.46. The first-order valence-corrected chi connectivity index (χ1v) is 10.7. The Bertz CT molecular complexity index is 681. The number of hydrogen-bond acceptors (Lipinski definition) is 3. The molecule has 28 heavy (non-hydrogen) atoms. The van der Waals surface area contributed by atoms with Gasteiger partial charge in [-0.3, -0.25) is 4.79 Å². The summed E-state index contributed by atoms with van der Waals surface area (Å²) in [5, 5.41) is 0. The smallest absolute Gasteiger partial charge is 0.410 e. The van der Waals surface area contributed by atoms with Crippen LogP contribution in [0.1, 0.15) is 68.8 Å². The molecule has 5 heteroatoms. The van der Waals surface area contributed by atoms with Gasteiger partial charge in [-0.1, -0.05) is 12.1 Å². The summed E-state index contributed by atoms with van der Waals surface area (Å²) in [6.07, 6.45) is 6.17. The minimum atomic E-state index is -0.439. The van der Waals surface area contributed by atoms with Crippen molar-refractivity contribution in [3.8, 4) is 0 Å². The topological polar surface area (TPSA) is 49.9 Å². The Labute approximate surface area is 169 Å². The number of aryl methyl sites for hydroxylation is 1. The Morgan fingerprint density at radius 1 is 1.04 bits per heavy atom. The van der Waals surface area contributed by atoms with E-state index in [1.54, 1.807) is 0 Å². The van der Waals surface area contributed by atoms with E-state index >= 15 is 0 Å². The number of piperidine rings is 1. The summed E-state index contributed by atoms with van der Waals surface area (Å²) in [6, 6.07) is 8.13. The zero-order chi connectivity index (χ0) is 20.1. The van der Waals surface area contributed by atoms with Gasteiger partial charge in [-0.2, -0.15) is 0 Å². The van der Waals surface area contributed by atoms with Gasteiger partial charge in [0.2, 0.25) is 0 Å². The predicted octanol–water partition coefficient (Wildman–Crippen LogP) is 4.50. The predicted molar refractivity (Wildman–Crippen MR) is 110 cm³/mol. The van der Waals surface area contributed by atoms with Crippen LogP contribution in [0.15, 0.2) is 24.3 Å². The molecular formula is C23H34N2O3. The fourth-order valence-corrected chi connectivity index (χ4v) is 4.06. The van der Waals surface area contributed by atoms with Crippen molar-refractivity contribution in [2.45, 2.75) is 64.9 Å². The van der Waals surface area contributed by atoms with Crippen molar-refractivity contribution in [2.75, 3.05) is 26.2 Å². The maximum atomic E-state index is 12.6. The summed E-state index contributed by atoms with van der Waals surface area (Å²) in [7, 11) is 0. The summed E-state index contributed by atoms with van der Waals surface area (Å²) in [6.45, 7) is 9.03. The van der Waals surface area contributed by atoms with Gasteiger partial charge in [0.1, 0.15) is 5.60 Å². The van der Waals surface area contributed by atoms with E-state index in [0.717, 1.165) is 70.3 Å². The Kier molecular flexibility index (Phi) is 6.63. The Morgan fingerprint density at radius 2 is 1.71 bits per heavy atom. The van der Waals surface area contributed by atoms with E-state index in [1.165, 1.54) is 5.56 Å². The second-order valence-electron chi connectivity index (χ2n) is 9.15. The molecule has 0 unspecified atom stereocenters. The lowest BCUT2D eigenvalue weighted by Crippen LogP contribution is -2.41. The van der Waals surface area contributed by atoms with Crippen molar-refractivity contribution in [2.24, 2.45) is 5.92 Å². The van der Waals surface area contributed by atoms with E-state index < -0.39 is 5.60 Å². The van der Waals surface area contributed by atoms with Gasteiger partial charge in [0.15, 0.2) is 0 Å². The van der Waals surface area contributed by atoms with Gasteiger partial charge >= 0.3 is 6.09 Å². The summed E-state index contributed by atoms with van der Waals surface area (Å²) < 4.78 is 5.47. The van der Waals surface area contributed by atoms with Gasteiger partial charge in [0.25, 0.3) is 5.91 Å². The van der Waals surface area contributed by atoms with Gasteiger partial charge in [-0.05, 0) is 82.9 Å². The van der Waals surface area contributed by atoms with Crippen LogP contribution in [0.25, 0.3) is 0 Å². The lowest BCUT2D eigenvalue weighted by atomic mass is 9.90. The van der Waals surface area contributed by atoms with Crippen molar-refractivity contribution in [1.82, 2.24) is 9.80 Å². The molecule has 0 spiro atoms. The van der Waals surface area contributed by atoms with Crippen LogP contribution in [0.4, 0.5) is 4.79 Å². The van der Waals surface area contributed by atoms with Crippen LogP contribution in [0, 0.1) is 5.92 Å². The van der Waals surface area contributed by atoms with E-state index in [1.807, 2.05) is 42.7 Å². The molecule has 2 heterocycles. The molecule has 2 aliphatic rings. The van der Waals surface area contributed by atoms with Gasteiger partial charge < -0.3 is 14.5 Å². The number of carbonyl (C=O) groups excluding carboxylic acids is 2. The molecule has 0 aromatic heterocycles. The van der Waals surface area contributed by atoms with E-state index in [2.05, 4.69) is 12.1 Å². The molecule has 2 fully saturated rings. The maximum absolute atomic E-state index is 12.6. The number of hydrogen-bond donors (Lipinski definition) is 0. The standard InChI is InChI=1S/C23H34N2O3/c1-23(2,3)28-22(27)25-15-11-18(12-16-25)9-10-19-7-6-8-20(17-19)21(26)24-13-4-5-14-24/h6-8,17-18H,4-5,9-16H2,1-3H3. The Morgan fingerprint density at radius 3 is 2.36 bits per heavy atom. The number of ether oxygens (including phenoxy) is 1. The molecule has 5 nitrogen and oxygen atoms in total. The molecule has 154 valence electrons. The molecule has 0 N–H and O–H groups in total. The van der Waals surface area contributed by atoms with Crippen molar-refractivity contribution in [3.05, 3.63) is 35.4 Å². The minimum absolute atomic E-state index is 0.171. The molecule has 1 aromatic rings. The molecule has 0 atom stereocenters. The number of carbonyl (C=O) groups is 2.